The molecular weight excluding hydrogens is 2130 g/mol. The molecule has 0 aromatic carbocycles. The standard InChI is InChI=1S/C10H21NS.C10H21N.C10H22O.C9H19N2.C9H19NO.2C8H12N2.C7H11NS.C6H14O.C6H14.12C2H6.CH4.2CH3.Re.Rf.Rh/c1-10(2,3)9-11-5-7-12(4)8-6-11;1-10(2,3)9-11-7-5-4-6-8-11;1-9(2,3)7-6-8-10(4,5)11;1-9(2,3)8-11-6-4-10-5-7-11;1-9(2,3)8-10-4-6-11-7-5-10;1-8(2,3)7-6-9-4-5-10-7;1-8(2,3)7-5-4-6-9-10-7;1-7(2,3)6-8-4-5-9-6;1-6(2,3)5-7-4;1-5-6(2,3)4;12*1-2;;;;;;/h4-9H2,1-3H3;4-9H2,1-3H3;11H,6-8H2,1-5H3;2*4-8H2,1-3H3;2*4-6H,1-3H3;4-5H,1-3H3;5H2,1-4H3;5H2,1-4H3;12*1-2H3;1H4;2*1H3;;;/q;;;-1;;;;;;;;;;;;;;;;;;;;2*-1;;;. The van der Waals surface area contributed by atoms with Gasteiger partial charge in [-0.25, -0.2) is 4.98 Å². The maximum atomic E-state index is 9.41. The van der Waals surface area contributed by atoms with E-state index in [1.165, 1.54) is 101 Å². The first-order valence-corrected chi connectivity index (χ1v) is 52.2. The molecule has 13 nitrogen and oxygen atoms in total. The summed E-state index contributed by atoms with van der Waals surface area (Å²) in [7, 11) is 2.20. The minimum absolute atomic E-state index is 0. The van der Waals surface area contributed by atoms with Crippen LogP contribution in [0.2, 0.25) is 0 Å². The van der Waals surface area contributed by atoms with Gasteiger partial charge in [0.15, 0.2) is 0 Å². The fraction of sp³-hybridized carbons (Fsp3) is 0.873. The third-order valence-corrected chi connectivity index (χ3v) is 17.7. The van der Waals surface area contributed by atoms with Crippen molar-refractivity contribution in [3.8, 4) is 0 Å². The Morgan fingerprint density at radius 2 is 0.773 bits per heavy atom. The van der Waals surface area contributed by atoms with Crippen LogP contribution in [0.5, 0.6) is 0 Å². The Morgan fingerprint density at radius 3 is 0.992 bits per heavy atom. The predicted octanol–water partition coefficient (Wildman–Crippen LogP) is 34.6. The number of aromatic nitrogens is 5. The van der Waals surface area contributed by atoms with Crippen LogP contribution in [-0.4, -0.2) is 191 Å². The molecule has 7 heterocycles. The number of likely N-dealkylation sites (tertiary alicyclic amines) is 1. The van der Waals surface area contributed by atoms with Crippen molar-refractivity contribution in [3.63, 3.8) is 0 Å². The Labute approximate surface area is 842 Å². The summed E-state index contributed by atoms with van der Waals surface area (Å²) in [6.07, 6.45) is 17.5. The molecule has 18 heteroatoms. The zero-order valence-electron chi connectivity index (χ0n) is 98.7. The van der Waals surface area contributed by atoms with Gasteiger partial charge >= 0.3 is 0 Å². The molecule has 4 fully saturated rings. The summed E-state index contributed by atoms with van der Waals surface area (Å²) in [6, 6.07) is 3.90. The first kappa shape index (κ1) is 179. The first-order valence-electron chi connectivity index (χ1n) is 49.6. The fourth-order valence-corrected chi connectivity index (χ4v) is 11.7. The Morgan fingerprint density at radius 1 is 0.438 bits per heavy atom. The van der Waals surface area contributed by atoms with E-state index in [0.717, 1.165) is 83.3 Å². The molecule has 0 aliphatic carbocycles. The minimum Gasteiger partial charge on any atom is -0.660 e. The molecular formula is C110H247N10O3ReRfRhS2-3. The normalized spacial score (nSPS) is 13.4. The molecule has 3 aromatic heterocycles. The summed E-state index contributed by atoms with van der Waals surface area (Å²) < 4.78 is 10.2. The van der Waals surface area contributed by atoms with Crippen LogP contribution in [0.15, 0.2) is 48.5 Å². The molecule has 788 valence electrons. The molecule has 128 heavy (non-hydrogen) atoms. The molecule has 3 aromatic rings. The zero-order chi connectivity index (χ0) is 101. The minimum atomic E-state index is -0.481. The number of piperidine rings is 1. The van der Waals surface area contributed by atoms with E-state index in [4.69, 9.17) is 9.47 Å². The van der Waals surface area contributed by atoms with Gasteiger partial charge in [-0.05, 0) is 116 Å². The first-order chi connectivity index (χ1) is 56.4. The van der Waals surface area contributed by atoms with Gasteiger partial charge in [-0.2, -0.15) is 20.7 Å². The van der Waals surface area contributed by atoms with Crippen molar-refractivity contribution >= 4 is 27.7 Å². The molecule has 0 amide bonds. The van der Waals surface area contributed by atoms with Gasteiger partial charge in [0.2, 0.25) is 0 Å². The number of hydrogen-bond donors (Lipinski definition) is 1. The molecule has 4 aliphatic rings. The van der Waals surface area contributed by atoms with Gasteiger partial charge in [0.25, 0.3) is 0 Å². The number of thiazole rings is 1. The van der Waals surface area contributed by atoms with Crippen LogP contribution in [0.4, 0.5) is 0 Å². The summed E-state index contributed by atoms with van der Waals surface area (Å²) in [5, 5.41) is 24.8. The van der Waals surface area contributed by atoms with Gasteiger partial charge in [0.1, 0.15) is 0 Å². The zero-order valence-corrected chi connectivity index (χ0v) is 111. The average molecular weight is 2380 g/mol. The van der Waals surface area contributed by atoms with E-state index >= 15 is 0 Å². The van der Waals surface area contributed by atoms with E-state index in [1.807, 2.05) is 204 Å². The van der Waals surface area contributed by atoms with Crippen molar-refractivity contribution in [1.82, 2.24) is 44.7 Å². The molecule has 0 unspecified atom stereocenters. The third kappa shape index (κ3) is 161. The van der Waals surface area contributed by atoms with Crippen LogP contribution in [-0.2, 0) is 65.6 Å². The second-order valence-corrected chi connectivity index (χ2v) is 42.6. The van der Waals surface area contributed by atoms with Gasteiger partial charge in [0, 0.05) is 163 Å². The molecule has 0 spiro atoms. The number of ether oxygens (including phenoxy) is 2. The largest absolute Gasteiger partial charge is 0.660 e. The van der Waals surface area contributed by atoms with Crippen molar-refractivity contribution in [3.05, 3.63) is 85.1 Å². The van der Waals surface area contributed by atoms with E-state index in [9.17, 15) is 5.11 Å². The number of aliphatic hydroxyl groups is 1. The Bertz CT molecular complexity index is 2220. The number of piperazine rings is 1. The van der Waals surface area contributed by atoms with E-state index in [0.29, 0.717) is 48.4 Å². The van der Waals surface area contributed by atoms with Crippen molar-refractivity contribution in [2.75, 3.05) is 130 Å². The second-order valence-electron chi connectivity index (χ2n) is 39.6. The number of morpholine rings is 1. The molecule has 0 atom stereocenters. The van der Waals surface area contributed by atoms with Gasteiger partial charge < -0.3 is 49.5 Å². The second kappa shape index (κ2) is 112. The monoisotopic (exact) mass is 2380 g/mol. The average Bonchev–Trinajstić information content (AvgIpc) is 1.16. The summed E-state index contributed by atoms with van der Waals surface area (Å²) in [4.78, 5) is 22.5. The van der Waals surface area contributed by atoms with Crippen molar-refractivity contribution < 1.29 is 54.5 Å². The van der Waals surface area contributed by atoms with Crippen LogP contribution in [0.3, 0.4) is 0 Å². The molecule has 2 radical (unpaired) electrons. The van der Waals surface area contributed by atoms with Crippen molar-refractivity contribution in [1.29, 1.82) is 0 Å². The van der Waals surface area contributed by atoms with E-state index in [-0.39, 0.29) is 78.4 Å². The quantitative estimate of drug-likeness (QED) is 0.131. The molecule has 1 N–H and O–H groups in total. The number of hydrogen-bond acceptors (Lipinski definition) is 13. The Kier molecular flexibility index (Phi) is 156. The van der Waals surface area contributed by atoms with Gasteiger partial charge in [-0.3, -0.25) is 14.9 Å². The molecule has 0 saturated carbocycles. The molecule has 4 saturated heterocycles. The summed E-state index contributed by atoms with van der Waals surface area (Å²) in [5.41, 5.74) is 5.15. The predicted molar refractivity (Wildman–Crippen MR) is 594 cm³/mol. The number of nitrogens with zero attached hydrogens (tertiary/aromatic N) is 10. The van der Waals surface area contributed by atoms with E-state index in [2.05, 4.69) is 271 Å². The van der Waals surface area contributed by atoms with Crippen molar-refractivity contribution in [2.45, 2.75) is 469 Å². The van der Waals surface area contributed by atoms with Crippen LogP contribution in [0, 0.1) is 52.8 Å². The van der Waals surface area contributed by atoms with E-state index < -0.39 is 5.60 Å². The number of rotatable bonds is 8. The maximum absolute atomic E-state index is 9.41. The summed E-state index contributed by atoms with van der Waals surface area (Å²) >= 11 is 1.72. The smallest absolute Gasteiger partial charge is 0.0978 e. The van der Waals surface area contributed by atoms with Crippen LogP contribution in [0.1, 0.15) is 463 Å². The van der Waals surface area contributed by atoms with E-state index in [1.54, 1.807) is 43.2 Å². The molecule has 4 aliphatic heterocycles. The van der Waals surface area contributed by atoms with Crippen LogP contribution in [0.25, 0.3) is 5.32 Å². The topological polar surface area (TPSA) is 130 Å². The fourth-order valence-electron chi connectivity index (χ4n) is 9.72. The Balaban J connectivity index is -0.0000000508. The van der Waals surface area contributed by atoms with Crippen LogP contribution < -0.4 is 0 Å². The number of methoxy groups -OCH3 is 1. The van der Waals surface area contributed by atoms with Crippen molar-refractivity contribution in [2.24, 2.45) is 37.9 Å². The summed E-state index contributed by atoms with van der Waals surface area (Å²) in [6.45, 7) is 140. The van der Waals surface area contributed by atoms with Crippen LogP contribution >= 0.6 is 21.8 Å². The summed E-state index contributed by atoms with van der Waals surface area (Å²) in [5.74, 6) is 6.76. The molecule has 0 bridgehead atoms. The third-order valence-electron chi connectivity index (χ3n) is 15.0. The van der Waals surface area contributed by atoms with Gasteiger partial charge in [0.05, 0.1) is 41.8 Å². The van der Waals surface area contributed by atoms with Gasteiger partial charge in [-0.1, -0.05) is 413 Å². The SMILES string of the molecule is C.C=S1CCN(CC(C)(C)C)CC1.CC.CC.CC.CC.CC.CC.CC.CC.CC.CC.CC.CC.CC(C)(C)CCCC(C)(C)O.CC(C)(C)CN1CCCCC1.CC(C)(C)CN1CCOCC1.CC(C)(C)CN1CC[N-]CC1.CC(C)(C)c1cccnn1.CC(C)(C)c1cnccn1.CC(C)(C)c1nccs1.CCC(C)(C)C.COCC(C)(C)C.[CH3-].[CH3-].[Re].[Rf].[Rh]. The Hall–Kier alpha value is -2.02. The molecule has 7 rings (SSSR count). The van der Waals surface area contributed by atoms with Gasteiger partial charge in [-0.15, -0.1) is 24.4 Å². The maximum Gasteiger partial charge on any atom is 0.0978 e.